The summed E-state index contributed by atoms with van der Waals surface area (Å²) in [7, 11) is 0. The fourth-order valence-corrected chi connectivity index (χ4v) is 1.45. The first-order chi connectivity index (χ1) is 8.73. The Hall–Kier alpha value is -2.01. The molecule has 0 saturated carbocycles. The molecule has 1 amide bonds. The zero-order valence-corrected chi connectivity index (χ0v) is 11.3. The molecule has 0 aliphatic heterocycles. The van der Waals surface area contributed by atoms with E-state index in [1.807, 2.05) is 0 Å². The molecule has 5 heteroatoms. The molecule has 3 N–H and O–H groups in total. The van der Waals surface area contributed by atoms with Crippen molar-refractivity contribution in [3.63, 3.8) is 0 Å². The van der Waals surface area contributed by atoms with Crippen LogP contribution in [0.15, 0.2) is 30.9 Å². The topological polar surface area (TPSA) is 78.8 Å². The largest absolute Gasteiger partial charge is 0.508 e. The van der Waals surface area contributed by atoms with E-state index in [9.17, 15) is 15.0 Å². The smallest absolute Gasteiger partial charge is 0.412 e. The number of anilines is 1. The van der Waals surface area contributed by atoms with Gasteiger partial charge in [0.15, 0.2) is 0 Å². The molecular formula is C14H19NO4. The van der Waals surface area contributed by atoms with E-state index in [1.165, 1.54) is 24.3 Å². The number of aliphatic hydroxyl groups excluding tert-OH is 1. The average molecular weight is 265 g/mol. The lowest BCUT2D eigenvalue weighted by Crippen LogP contribution is -2.27. The Kier molecular flexibility index (Phi) is 4.56. The SMILES string of the molecule is C=CC(O)c1cc(O)ccc1NC(=O)OC(C)(C)C. The number of aromatic hydroxyl groups is 1. The first-order valence-corrected chi connectivity index (χ1v) is 5.86. The van der Waals surface area contributed by atoms with Crippen LogP contribution in [0, 0.1) is 0 Å². The lowest BCUT2D eigenvalue weighted by Gasteiger charge is -2.21. The summed E-state index contributed by atoms with van der Waals surface area (Å²) in [6.45, 7) is 8.73. The predicted octanol–water partition coefficient (Wildman–Crippen LogP) is 2.96. The number of carbonyl (C=O) groups is 1. The maximum atomic E-state index is 11.7. The number of aliphatic hydroxyl groups is 1. The van der Waals surface area contributed by atoms with Crippen molar-refractivity contribution in [3.05, 3.63) is 36.4 Å². The van der Waals surface area contributed by atoms with Gasteiger partial charge in [-0.1, -0.05) is 6.08 Å². The van der Waals surface area contributed by atoms with Gasteiger partial charge in [-0.2, -0.15) is 0 Å². The lowest BCUT2D eigenvalue weighted by atomic mass is 10.1. The van der Waals surface area contributed by atoms with E-state index < -0.39 is 17.8 Å². The van der Waals surface area contributed by atoms with Crippen LogP contribution in [-0.4, -0.2) is 21.9 Å². The number of rotatable bonds is 3. The molecule has 0 bridgehead atoms. The molecular weight excluding hydrogens is 246 g/mol. The highest BCUT2D eigenvalue weighted by atomic mass is 16.6. The number of nitrogens with one attached hydrogen (secondary N) is 1. The molecule has 0 spiro atoms. The van der Waals surface area contributed by atoms with Gasteiger partial charge in [0.2, 0.25) is 0 Å². The van der Waals surface area contributed by atoms with Crippen molar-refractivity contribution in [2.24, 2.45) is 0 Å². The van der Waals surface area contributed by atoms with Crippen LogP contribution >= 0.6 is 0 Å². The number of phenolic OH excluding ortho intramolecular Hbond substituents is 1. The molecule has 1 aromatic rings. The molecule has 0 aromatic heterocycles. The molecule has 0 aliphatic carbocycles. The van der Waals surface area contributed by atoms with Gasteiger partial charge >= 0.3 is 6.09 Å². The van der Waals surface area contributed by atoms with Gasteiger partial charge in [0.25, 0.3) is 0 Å². The Bertz CT molecular complexity index is 477. The number of phenols is 1. The minimum Gasteiger partial charge on any atom is -0.508 e. The summed E-state index contributed by atoms with van der Waals surface area (Å²) in [4.78, 5) is 11.7. The summed E-state index contributed by atoms with van der Waals surface area (Å²) in [5.74, 6) is -0.00867. The zero-order valence-electron chi connectivity index (χ0n) is 11.3. The van der Waals surface area contributed by atoms with Gasteiger partial charge in [0, 0.05) is 5.56 Å². The van der Waals surface area contributed by atoms with E-state index in [0.717, 1.165) is 0 Å². The number of ether oxygens (including phenoxy) is 1. The molecule has 0 aliphatic rings. The van der Waals surface area contributed by atoms with E-state index in [2.05, 4.69) is 11.9 Å². The highest BCUT2D eigenvalue weighted by molar-refractivity contribution is 5.86. The van der Waals surface area contributed by atoms with Crippen LogP contribution in [0.4, 0.5) is 10.5 Å². The molecule has 1 unspecified atom stereocenters. The van der Waals surface area contributed by atoms with Gasteiger partial charge in [-0.25, -0.2) is 4.79 Å². The van der Waals surface area contributed by atoms with Crippen LogP contribution < -0.4 is 5.32 Å². The van der Waals surface area contributed by atoms with Crippen LogP contribution in [-0.2, 0) is 4.74 Å². The summed E-state index contributed by atoms with van der Waals surface area (Å²) in [6.07, 6.45) is -0.317. The van der Waals surface area contributed by atoms with Crippen LogP contribution in [0.2, 0.25) is 0 Å². The minimum absolute atomic E-state index is 0.00867. The maximum Gasteiger partial charge on any atom is 0.412 e. The highest BCUT2D eigenvalue weighted by Gasteiger charge is 2.18. The second kappa shape index (κ2) is 5.75. The summed E-state index contributed by atoms with van der Waals surface area (Å²) in [6, 6.07) is 4.26. The van der Waals surface area contributed by atoms with Crippen molar-refractivity contribution in [2.45, 2.75) is 32.5 Å². The third-order valence-corrected chi connectivity index (χ3v) is 2.21. The fraction of sp³-hybridized carbons (Fsp3) is 0.357. The molecule has 5 nitrogen and oxygen atoms in total. The first-order valence-electron chi connectivity index (χ1n) is 5.86. The quantitative estimate of drug-likeness (QED) is 0.580. The van der Waals surface area contributed by atoms with Gasteiger partial charge in [0.05, 0.1) is 11.8 Å². The van der Waals surface area contributed by atoms with E-state index in [-0.39, 0.29) is 5.75 Å². The maximum absolute atomic E-state index is 11.7. The number of amides is 1. The third-order valence-electron chi connectivity index (χ3n) is 2.21. The Morgan fingerprint density at radius 2 is 2.11 bits per heavy atom. The second-order valence-corrected chi connectivity index (χ2v) is 5.08. The predicted molar refractivity (Wildman–Crippen MR) is 73.1 cm³/mol. The average Bonchev–Trinajstić information content (AvgIpc) is 2.28. The highest BCUT2D eigenvalue weighted by Crippen LogP contribution is 2.28. The normalized spacial score (nSPS) is 12.6. The third kappa shape index (κ3) is 4.63. The summed E-state index contributed by atoms with van der Waals surface area (Å²) in [5.41, 5.74) is 0.0957. The van der Waals surface area contributed by atoms with Crippen molar-refractivity contribution >= 4 is 11.8 Å². The summed E-state index contributed by atoms with van der Waals surface area (Å²) < 4.78 is 5.12. The van der Waals surface area contributed by atoms with Crippen molar-refractivity contribution in [1.29, 1.82) is 0 Å². The van der Waals surface area contributed by atoms with Crippen LogP contribution in [0.1, 0.15) is 32.4 Å². The molecule has 0 fully saturated rings. The molecule has 1 atom stereocenters. The van der Waals surface area contributed by atoms with E-state index in [0.29, 0.717) is 11.3 Å². The van der Waals surface area contributed by atoms with Gasteiger partial charge in [-0.15, -0.1) is 6.58 Å². The summed E-state index contributed by atoms with van der Waals surface area (Å²) in [5, 5.41) is 21.7. The molecule has 19 heavy (non-hydrogen) atoms. The van der Waals surface area contributed by atoms with E-state index >= 15 is 0 Å². The Balaban J connectivity index is 2.95. The van der Waals surface area contributed by atoms with Crippen LogP contribution in [0.3, 0.4) is 0 Å². The molecule has 104 valence electrons. The molecule has 1 aromatic carbocycles. The van der Waals surface area contributed by atoms with Gasteiger partial charge < -0.3 is 14.9 Å². The summed E-state index contributed by atoms with van der Waals surface area (Å²) >= 11 is 0. The molecule has 0 heterocycles. The van der Waals surface area contributed by atoms with Crippen molar-refractivity contribution in [2.75, 3.05) is 5.32 Å². The van der Waals surface area contributed by atoms with Gasteiger partial charge in [-0.3, -0.25) is 5.32 Å². The molecule has 1 rings (SSSR count). The standard InChI is InChI=1S/C14H19NO4/c1-5-12(17)10-8-9(16)6-7-11(10)15-13(18)19-14(2,3)4/h5-8,12,16-17H,1H2,2-4H3,(H,15,18). The lowest BCUT2D eigenvalue weighted by molar-refractivity contribution is 0.0635. The fourth-order valence-electron chi connectivity index (χ4n) is 1.45. The number of hydrogen-bond acceptors (Lipinski definition) is 4. The molecule has 0 radical (unpaired) electrons. The van der Waals surface area contributed by atoms with Crippen molar-refractivity contribution in [1.82, 2.24) is 0 Å². The van der Waals surface area contributed by atoms with E-state index in [4.69, 9.17) is 4.74 Å². The minimum atomic E-state index is -0.989. The van der Waals surface area contributed by atoms with E-state index in [1.54, 1.807) is 20.8 Å². The first kappa shape index (κ1) is 15.0. The molecule has 0 saturated heterocycles. The second-order valence-electron chi connectivity index (χ2n) is 5.08. The van der Waals surface area contributed by atoms with Gasteiger partial charge in [0.1, 0.15) is 11.4 Å². The Morgan fingerprint density at radius 3 is 2.63 bits per heavy atom. The Morgan fingerprint density at radius 1 is 1.47 bits per heavy atom. The van der Waals surface area contributed by atoms with Crippen LogP contribution in [0.25, 0.3) is 0 Å². The van der Waals surface area contributed by atoms with Gasteiger partial charge in [-0.05, 0) is 39.0 Å². The van der Waals surface area contributed by atoms with Crippen LogP contribution in [0.5, 0.6) is 5.75 Å². The van der Waals surface area contributed by atoms with Crippen molar-refractivity contribution < 1.29 is 19.7 Å². The number of benzene rings is 1. The number of hydrogen-bond donors (Lipinski definition) is 3. The van der Waals surface area contributed by atoms with Crippen molar-refractivity contribution in [3.8, 4) is 5.75 Å². The zero-order chi connectivity index (χ0) is 14.6. The monoisotopic (exact) mass is 265 g/mol. The number of carbonyl (C=O) groups excluding carboxylic acids is 1. The Labute approximate surface area is 112 Å².